The molecule has 0 radical (unpaired) electrons. The maximum atomic E-state index is 12.6. The van der Waals surface area contributed by atoms with E-state index < -0.39 is 0 Å². The number of anilines is 3. The van der Waals surface area contributed by atoms with Gasteiger partial charge >= 0.3 is 0 Å². The predicted octanol–water partition coefficient (Wildman–Crippen LogP) is 4.59. The molecule has 2 N–H and O–H groups in total. The molecule has 0 unspecified atom stereocenters. The molecule has 0 aliphatic carbocycles. The largest absolute Gasteiger partial charge is 0.493 e. The van der Waals surface area contributed by atoms with Crippen LogP contribution < -0.4 is 24.8 Å². The van der Waals surface area contributed by atoms with Crippen LogP contribution in [0.25, 0.3) is 0 Å². The van der Waals surface area contributed by atoms with E-state index in [0.717, 1.165) is 12.1 Å². The quantitative estimate of drug-likeness (QED) is 0.521. The van der Waals surface area contributed by atoms with E-state index in [1.165, 1.54) is 7.11 Å². The molecule has 162 valence electrons. The second kappa shape index (κ2) is 10.3. The van der Waals surface area contributed by atoms with Gasteiger partial charge in [0.15, 0.2) is 11.5 Å². The first-order valence-corrected chi connectivity index (χ1v) is 9.91. The zero-order valence-electron chi connectivity index (χ0n) is 18.1. The van der Waals surface area contributed by atoms with Gasteiger partial charge in [-0.3, -0.25) is 4.79 Å². The minimum Gasteiger partial charge on any atom is -0.493 e. The Morgan fingerprint density at radius 2 is 1.65 bits per heavy atom. The third-order valence-corrected chi connectivity index (χ3v) is 4.33. The molecule has 0 aliphatic rings. The zero-order valence-corrected chi connectivity index (χ0v) is 18.1. The van der Waals surface area contributed by atoms with Crippen LogP contribution in [0, 0.1) is 6.92 Å². The number of carbonyl (C=O) groups is 1. The van der Waals surface area contributed by atoms with Crippen molar-refractivity contribution in [3.63, 3.8) is 0 Å². The van der Waals surface area contributed by atoms with Gasteiger partial charge in [-0.1, -0.05) is 6.92 Å². The van der Waals surface area contributed by atoms with Crippen LogP contribution in [-0.2, 0) is 0 Å². The Labute approximate surface area is 181 Å². The summed E-state index contributed by atoms with van der Waals surface area (Å²) >= 11 is 0. The summed E-state index contributed by atoms with van der Waals surface area (Å²) in [5.74, 6) is 2.62. The maximum absolute atomic E-state index is 12.6. The van der Waals surface area contributed by atoms with Gasteiger partial charge in [-0.2, -0.15) is 4.98 Å². The van der Waals surface area contributed by atoms with Crippen LogP contribution >= 0.6 is 0 Å². The number of benzene rings is 2. The molecule has 8 nitrogen and oxygen atoms in total. The number of hydrogen-bond donors (Lipinski definition) is 2. The van der Waals surface area contributed by atoms with Gasteiger partial charge in [0.25, 0.3) is 5.91 Å². The Kier molecular flexibility index (Phi) is 7.26. The summed E-state index contributed by atoms with van der Waals surface area (Å²) in [5.41, 5.74) is 1.95. The molecule has 0 spiro atoms. The Hall–Kier alpha value is -3.81. The van der Waals surface area contributed by atoms with Crippen molar-refractivity contribution in [2.24, 2.45) is 0 Å². The minimum absolute atomic E-state index is 0.245. The SMILES string of the molecule is CCCOc1cc(Nc2ccc(NC(=O)c3ccc(OC)c(OC)c3)cc2)nc(C)n1. The first-order valence-electron chi connectivity index (χ1n) is 9.91. The summed E-state index contributed by atoms with van der Waals surface area (Å²) < 4.78 is 16.1. The van der Waals surface area contributed by atoms with Gasteiger partial charge in [0.1, 0.15) is 11.6 Å². The lowest BCUT2D eigenvalue weighted by Crippen LogP contribution is -2.12. The lowest BCUT2D eigenvalue weighted by atomic mass is 10.1. The number of amides is 1. The number of rotatable bonds is 9. The number of methoxy groups -OCH3 is 2. The Morgan fingerprint density at radius 1 is 0.935 bits per heavy atom. The first-order chi connectivity index (χ1) is 15.0. The van der Waals surface area contributed by atoms with E-state index in [2.05, 4.69) is 20.6 Å². The molecule has 1 amide bonds. The monoisotopic (exact) mass is 422 g/mol. The van der Waals surface area contributed by atoms with Crippen LogP contribution in [0.3, 0.4) is 0 Å². The van der Waals surface area contributed by atoms with Crippen molar-refractivity contribution in [2.45, 2.75) is 20.3 Å². The minimum atomic E-state index is -0.245. The van der Waals surface area contributed by atoms with Crippen molar-refractivity contribution in [1.82, 2.24) is 9.97 Å². The number of aromatic nitrogens is 2. The Bertz CT molecular complexity index is 1040. The highest BCUT2D eigenvalue weighted by Crippen LogP contribution is 2.28. The molecule has 0 aliphatic heterocycles. The molecule has 8 heteroatoms. The summed E-state index contributed by atoms with van der Waals surface area (Å²) in [7, 11) is 3.08. The highest BCUT2D eigenvalue weighted by molar-refractivity contribution is 6.04. The van der Waals surface area contributed by atoms with Crippen molar-refractivity contribution in [3.8, 4) is 17.4 Å². The molecule has 0 saturated heterocycles. The number of aryl methyl sites for hydroxylation is 1. The molecule has 1 heterocycles. The van der Waals surface area contributed by atoms with E-state index in [4.69, 9.17) is 14.2 Å². The molecular formula is C23H26N4O4. The van der Waals surface area contributed by atoms with Crippen LogP contribution in [0.5, 0.6) is 17.4 Å². The molecule has 0 bridgehead atoms. The molecule has 0 fully saturated rings. The first kappa shape index (κ1) is 21.9. The molecule has 1 aromatic heterocycles. The lowest BCUT2D eigenvalue weighted by Gasteiger charge is -2.11. The van der Waals surface area contributed by atoms with Gasteiger partial charge < -0.3 is 24.8 Å². The van der Waals surface area contributed by atoms with E-state index in [-0.39, 0.29) is 5.91 Å². The highest BCUT2D eigenvalue weighted by Gasteiger charge is 2.11. The average Bonchev–Trinajstić information content (AvgIpc) is 2.78. The van der Waals surface area contributed by atoms with Crippen molar-refractivity contribution >= 4 is 23.1 Å². The normalized spacial score (nSPS) is 10.3. The molecule has 3 rings (SSSR count). The van der Waals surface area contributed by atoms with Crippen molar-refractivity contribution < 1.29 is 19.0 Å². The standard InChI is InChI=1S/C23H26N4O4/c1-5-12-31-22-14-21(24-15(2)25-22)26-17-7-9-18(10-8-17)27-23(28)16-6-11-19(29-3)20(13-16)30-4/h6-11,13-14H,5,12H2,1-4H3,(H,27,28)(H,24,25,26). The number of ether oxygens (including phenoxy) is 3. The second-order valence-corrected chi connectivity index (χ2v) is 6.71. The van der Waals surface area contributed by atoms with Gasteiger partial charge in [-0.05, 0) is 55.8 Å². The highest BCUT2D eigenvalue weighted by atomic mass is 16.5. The number of nitrogens with zero attached hydrogens (tertiary/aromatic N) is 2. The van der Waals surface area contributed by atoms with E-state index in [1.54, 1.807) is 31.4 Å². The summed E-state index contributed by atoms with van der Waals surface area (Å²) in [6, 6.07) is 14.1. The van der Waals surface area contributed by atoms with Crippen molar-refractivity contribution in [1.29, 1.82) is 0 Å². The predicted molar refractivity (Wildman–Crippen MR) is 120 cm³/mol. The fourth-order valence-electron chi connectivity index (χ4n) is 2.85. The van der Waals surface area contributed by atoms with Crippen molar-refractivity contribution in [3.05, 3.63) is 59.9 Å². The second-order valence-electron chi connectivity index (χ2n) is 6.71. The van der Waals surface area contributed by atoms with E-state index in [9.17, 15) is 4.79 Å². The van der Waals surface area contributed by atoms with Crippen LogP contribution in [0.4, 0.5) is 17.2 Å². The van der Waals surface area contributed by atoms with E-state index in [0.29, 0.717) is 46.9 Å². The Morgan fingerprint density at radius 3 is 2.32 bits per heavy atom. The number of hydrogen-bond acceptors (Lipinski definition) is 7. The van der Waals surface area contributed by atoms with E-state index >= 15 is 0 Å². The summed E-state index contributed by atoms with van der Waals surface area (Å²) in [5, 5.41) is 6.10. The van der Waals surface area contributed by atoms with Gasteiger partial charge in [0.2, 0.25) is 5.88 Å². The Balaban J connectivity index is 1.67. The van der Waals surface area contributed by atoms with Gasteiger partial charge in [-0.15, -0.1) is 0 Å². The van der Waals surface area contributed by atoms with Crippen LogP contribution in [0.1, 0.15) is 29.5 Å². The molecule has 0 atom stereocenters. The lowest BCUT2D eigenvalue weighted by molar-refractivity contribution is 0.102. The van der Waals surface area contributed by atoms with E-state index in [1.807, 2.05) is 38.1 Å². The molecule has 3 aromatic rings. The van der Waals surface area contributed by atoms with Crippen LogP contribution in [-0.4, -0.2) is 36.7 Å². The van der Waals surface area contributed by atoms with Gasteiger partial charge in [0.05, 0.1) is 20.8 Å². The van der Waals surface area contributed by atoms with Crippen LogP contribution in [0.2, 0.25) is 0 Å². The van der Waals surface area contributed by atoms with Crippen molar-refractivity contribution in [2.75, 3.05) is 31.5 Å². The molecule has 31 heavy (non-hydrogen) atoms. The number of nitrogens with one attached hydrogen (secondary N) is 2. The zero-order chi connectivity index (χ0) is 22.2. The van der Waals surface area contributed by atoms with Crippen LogP contribution in [0.15, 0.2) is 48.5 Å². The summed E-state index contributed by atoms with van der Waals surface area (Å²) in [6.45, 7) is 4.46. The van der Waals surface area contributed by atoms with Gasteiger partial charge in [0, 0.05) is 23.0 Å². The fraction of sp³-hybridized carbons (Fsp3) is 0.261. The summed E-state index contributed by atoms with van der Waals surface area (Å²) in [6.07, 6.45) is 0.905. The molecular weight excluding hydrogens is 396 g/mol. The third kappa shape index (κ3) is 5.85. The average molecular weight is 422 g/mol. The summed E-state index contributed by atoms with van der Waals surface area (Å²) in [4.78, 5) is 21.2. The smallest absolute Gasteiger partial charge is 0.255 e. The molecule has 0 saturated carbocycles. The third-order valence-electron chi connectivity index (χ3n) is 4.33. The molecule has 2 aromatic carbocycles. The maximum Gasteiger partial charge on any atom is 0.255 e. The fourth-order valence-corrected chi connectivity index (χ4v) is 2.85. The number of carbonyl (C=O) groups excluding carboxylic acids is 1. The topological polar surface area (TPSA) is 94.6 Å². The van der Waals surface area contributed by atoms with Gasteiger partial charge in [-0.25, -0.2) is 4.98 Å².